The molecule has 38 heavy (non-hydrogen) atoms. The maximum Gasteiger partial charge on any atom is 0.338 e. The summed E-state index contributed by atoms with van der Waals surface area (Å²) in [6.45, 7) is 4.83. The number of benzene rings is 2. The van der Waals surface area contributed by atoms with E-state index in [1.807, 2.05) is 0 Å². The summed E-state index contributed by atoms with van der Waals surface area (Å²) < 4.78 is 6.58. The number of rotatable bonds is 6. The second-order valence-electron chi connectivity index (χ2n) is 8.23. The van der Waals surface area contributed by atoms with Gasteiger partial charge >= 0.3 is 5.97 Å². The van der Waals surface area contributed by atoms with Crippen LogP contribution in [-0.4, -0.2) is 32.1 Å². The van der Waals surface area contributed by atoms with E-state index in [1.54, 1.807) is 26.8 Å². The molecule has 2 aromatic carbocycles. The van der Waals surface area contributed by atoms with E-state index in [0.717, 1.165) is 23.5 Å². The first kappa shape index (κ1) is 26.9. The lowest BCUT2D eigenvalue weighted by Gasteiger charge is -2.24. The Labute approximate surface area is 226 Å². The average molecular weight is 603 g/mol. The third-order valence-electron chi connectivity index (χ3n) is 5.84. The molecule has 3 aromatic rings. The van der Waals surface area contributed by atoms with E-state index in [0.29, 0.717) is 11.1 Å². The minimum atomic E-state index is -1.09. The van der Waals surface area contributed by atoms with Gasteiger partial charge in [-0.15, -0.1) is 0 Å². The second kappa shape index (κ2) is 10.3. The van der Waals surface area contributed by atoms with E-state index in [4.69, 9.17) is 4.74 Å². The van der Waals surface area contributed by atoms with Gasteiger partial charge in [-0.3, -0.25) is 29.6 Å². The molecule has 12 nitrogen and oxygen atoms in total. The normalized spacial score (nSPS) is 15.2. The number of thiazole rings is 1. The van der Waals surface area contributed by atoms with Gasteiger partial charge in [-0.25, -0.2) is 9.79 Å². The molecule has 1 N–H and O–H groups in total. The summed E-state index contributed by atoms with van der Waals surface area (Å²) in [5.74, 6) is -1.04. The zero-order chi connectivity index (χ0) is 27.9. The van der Waals surface area contributed by atoms with Crippen LogP contribution in [0.3, 0.4) is 0 Å². The van der Waals surface area contributed by atoms with E-state index in [2.05, 4.69) is 20.9 Å². The smallest absolute Gasteiger partial charge is 0.338 e. The van der Waals surface area contributed by atoms with Crippen LogP contribution in [-0.2, 0) is 9.53 Å². The molecule has 0 saturated carbocycles. The van der Waals surface area contributed by atoms with E-state index >= 15 is 0 Å². The number of ether oxygens (including phenoxy) is 1. The van der Waals surface area contributed by atoms with Crippen molar-refractivity contribution < 1.29 is 24.5 Å². The van der Waals surface area contributed by atoms with E-state index in [9.17, 15) is 34.9 Å². The Bertz CT molecular complexity index is 1740. The number of esters is 1. The van der Waals surface area contributed by atoms with Gasteiger partial charge < -0.3 is 9.84 Å². The maximum absolute atomic E-state index is 13.7. The fraction of sp³-hybridized carbons (Fsp3) is 0.208. The molecule has 1 aromatic heterocycles. The number of fused-ring (bicyclic) bond motifs is 1. The fourth-order valence-electron chi connectivity index (χ4n) is 4.06. The van der Waals surface area contributed by atoms with Gasteiger partial charge in [0.2, 0.25) is 0 Å². The molecule has 0 amide bonds. The highest BCUT2D eigenvalue weighted by molar-refractivity contribution is 9.10. The van der Waals surface area contributed by atoms with Crippen LogP contribution in [0.5, 0.6) is 5.75 Å². The number of nitrogens with zero attached hydrogens (tertiary/aromatic N) is 4. The Morgan fingerprint density at radius 3 is 2.58 bits per heavy atom. The van der Waals surface area contributed by atoms with Crippen LogP contribution in [0.15, 0.2) is 55.9 Å². The number of hydrogen-bond acceptors (Lipinski definition) is 10. The van der Waals surface area contributed by atoms with Crippen molar-refractivity contribution in [1.29, 1.82) is 0 Å². The average Bonchev–Trinajstić information content (AvgIpc) is 3.15. The Balaban J connectivity index is 2.02. The molecule has 0 radical (unpaired) electrons. The number of phenols is 1. The molecule has 14 heteroatoms. The summed E-state index contributed by atoms with van der Waals surface area (Å²) in [4.78, 5) is 53.0. The molecule has 0 fully saturated rings. The third kappa shape index (κ3) is 4.75. The van der Waals surface area contributed by atoms with Crippen LogP contribution in [0.2, 0.25) is 0 Å². The van der Waals surface area contributed by atoms with Crippen molar-refractivity contribution in [2.75, 3.05) is 6.61 Å². The van der Waals surface area contributed by atoms with Gasteiger partial charge in [-0.05, 0) is 48.3 Å². The number of phenolic OH excluding ortho intramolecular Hbond substituents is 1. The highest BCUT2D eigenvalue weighted by Crippen LogP contribution is 2.34. The topological polar surface area (TPSA) is 167 Å². The van der Waals surface area contributed by atoms with Crippen LogP contribution in [0.25, 0.3) is 6.08 Å². The molecule has 1 atom stereocenters. The molecule has 4 rings (SSSR count). The van der Waals surface area contributed by atoms with Crippen molar-refractivity contribution in [3.05, 3.63) is 103 Å². The van der Waals surface area contributed by atoms with Crippen LogP contribution >= 0.6 is 27.3 Å². The lowest BCUT2D eigenvalue weighted by Crippen LogP contribution is -2.40. The molecule has 2 heterocycles. The Hall–Kier alpha value is -4.17. The second-order valence-corrected chi connectivity index (χ2v) is 10.1. The predicted octanol–water partition coefficient (Wildman–Crippen LogP) is 3.39. The minimum Gasteiger partial charge on any atom is -0.506 e. The third-order valence-corrected chi connectivity index (χ3v) is 7.43. The summed E-state index contributed by atoms with van der Waals surface area (Å²) in [6.07, 6.45) is 1.29. The summed E-state index contributed by atoms with van der Waals surface area (Å²) in [5.41, 5.74) is -0.0776. The first-order valence-electron chi connectivity index (χ1n) is 11.1. The zero-order valence-corrected chi connectivity index (χ0v) is 22.5. The zero-order valence-electron chi connectivity index (χ0n) is 20.1. The van der Waals surface area contributed by atoms with Crippen molar-refractivity contribution in [2.24, 2.45) is 4.99 Å². The summed E-state index contributed by atoms with van der Waals surface area (Å²) in [5, 5.41) is 33.4. The van der Waals surface area contributed by atoms with Gasteiger partial charge in [-0.2, -0.15) is 0 Å². The Morgan fingerprint density at radius 1 is 1.24 bits per heavy atom. The number of hydrogen-bond donors (Lipinski definition) is 1. The van der Waals surface area contributed by atoms with E-state index in [1.165, 1.54) is 22.8 Å². The van der Waals surface area contributed by atoms with Crippen LogP contribution in [0, 0.1) is 27.2 Å². The van der Waals surface area contributed by atoms with E-state index < -0.39 is 27.4 Å². The Morgan fingerprint density at radius 2 is 1.95 bits per heavy atom. The van der Waals surface area contributed by atoms with Crippen molar-refractivity contribution in [3.8, 4) is 5.75 Å². The molecule has 0 unspecified atom stereocenters. The number of aryl methyl sites for hydroxylation is 1. The number of halogens is 1. The number of nitro groups is 2. The van der Waals surface area contributed by atoms with Gasteiger partial charge in [-0.1, -0.05) is 23.5 Å². The molecule has 196 valence electrons. The van der Waals surface area contributed by atoms with Gasteiger partial charge in [0.05, 0.1) is 42.8 Å². The maximum atomic E-state index is 13.7. The fourth-order valence-corrected chi connectivity index (χ4v) is 5.56. The largest absolute Gasteiger partial charge is 0.506 e. The molecule has 0 bridgehead atoms. The quantitative estimate of drug-likeness (QED) is 0.254. The molecule has 0 aliphatic carbocycles. The number of carbonyl (C=O) groups excluding carboxylic acids is 1. The molecular formula is C24H19BrN4O8S. The van der Waals surface area contributed by atoms with Crippen molar-refractivity contribution in [3.63, 3.8) is 0 Å². The molecule has 0 spiro atoms. The monoisotopic (exact) mass is 602 g/mol. The number of carbonyl (C=O) groups is 1. The van der Waals surface area contributed by atoms with E-state index in [-0.39, 0.29) is 54.4 Å². The molecule has 1 aliphatic rings. The van der Waals surface area contributed by atoms with Gasteiger partial charge in [0, 0.05) is 29.3 Å². The SMILES string of the molecule is CCOC(=O)C1=C(C)N=c2s/c(=C/c3cc([N+](=O)[O-])cc(Br)c3O)c(=O)n2[C@H]1c1ccc(C)c([N+](=O)[O-])c1. The van der Waals surface area contributed by atoms with Gasteiger partial charge in [0.25, 0.3) is 16.9 Å². The highest BCUT2D eigenvalue weighted by atomic mass is 79.9. The lowest BCUT2D eigenvalue weighted by atomic mass is 9.94. The van der Waals surface area contributed by atoms with Crippen molar-refractivity contribution in [1.82, 2.24) is 4.57 Å². The number of nitro benzene ring substituents is 2. The number of non-ortho nitro benzene ring substituents is 1. The molecular weight excluding hydrogens is 584 g/mol. The molecule has 0 saturated heterocycles. The highest BCUT2D eigenvalue weighted by Gasteiger charge is 2.34. The standard InChI is InChI=1S/C24H19BrN4O8S/c1-4-37-23(32)19-12(3)26-24-27(20(19)13-6-5-11(2)17(8-13)29(35)36)22(31)18(38-24)9-14-7-15(28(33)34)10-16(25)21(14)30/h5-10,20,30H,4H2,1-3H3/b18-9+/t20-/m0/s1. The van der Waals surface area contributed by atoms with Crippen LogP contribution < -0.4 is 14.9 Å². The van der Waals surface area contributed by atoms with Crippen LogP contribution in [0.4, 0.5) is 11.4 Å². The number of aromatic nitrogens is 1. The van der Waals surface area contributed by atoms with Crippen LogP contribution in [0.1, 0.15) is 36.6 Å². The van der Waals surface area contributed by atoms with Gasteiger partial charge in [0.1, 0.15) is 5.75 Å². The van der Waals surface area contributed by atoms with Gasteiger partial charge in [0.15, 0.2) is 4.80 Å². The summed E-state index contributed by atoms with van der Waals surface area (Å²) in [6, 6.07) is 5.59. The Kier molecular flexibility index (Phi) is 7.29. The minimum absolute atomic E-state index is 0.0141. The summed E-state index contributed by atoms with van der Waals surface area (Å²) in [7, 11) is 0. The van der Waals surface area contributed by atoms with Crippen molar-refractivity contribution in [2.45, 2.75) is 26.8 Å². The first-order valence-corrected chi connectivity index (χ1v) is 12.7. The lowest BCUT2D eigenvalue weighted by molar-refractivity contribution is -0.385. The number of allylic oxidation sites excluding steroid dienone is 1. The first-order chi connectivity index (χ1) is 17.9. The van der Waals surface area contributed by atoms with Crippen molar-refractivity contribution >= 4 is 50.7 Å². The predicted molar refractivity (Wildman–Crippen MR) is 141 cm³/mol. The number of aromatic hydroxyl groups is 1. The summed E-state index contributed by atoms with van der Waals surface area (Å²) >= 11 is 4.02. The molecule has 1 aliphatic heterocycles.